The fourth-order valence-electron chi connectivity index (χ4n) is 6.28. The Morgan fingerprint density at radius 1 is 0.745 bits per heavy atom. The molecule has 5 rings (SSSR count). The van der Waals surface area contributed by atoms with E-state index in [1.54, 1.807) is 19.9 Å². The second-order valence-corrected chi connectivity index (χ2v) is 11.9. The highest BCUT2D eigenvalue weighted by Gasteiger charge is 2.40. The fourth-order valence-corrected chi connectivity index (χ4v) is 6.28. The van der Waals surface area contributed by atoms with E-state index in [2.05, 4.69) is 16.4 Å². The number of hydrogen-bond acceptors (Lipinski definition) is 12. The maximum Gasteiger partial charge on any atom is 0.336 e. The SMILES string of the molecule is CCOc1ccc(Cc2nccc3cc(OCC)c(OCC)cc23)cc1OCC.COC(=O)C1=C(C)NC(C)=C(C(=O)OC)C1c1ccccc1[N+](=O)[O-].Cl. The smallest absolute Gasteiger partial charge is 0.336 e. The van der Waals surface area contributed by atoms with Crippen molar-refractivity contribution in [3.8, 4) is 23.0 Å². The van der Waals surface area contributed by atoms with Crippen LogP contribution in [0.5, 0.6) is 23.0 Å². The predicted molar refractivity (Wildman–Crippen MR) is 211 cm³/mol. The van der Waals surface area contributed by atoms with Gasteiger partial charge in [-0.25, -0.2) is 9.59 Å². The van der Waals surface area contributed by atoms with Crippen molar-refractivity contribution < 1.29 is 42.9 Å². The molecule has 0 fully saturated rings. The van der Waals surface area contributed by atoms with Crippen molar-refractivity contribution in [1.29, 1.82) is 0 Å². The van der Waals surface area contributed by atoms with Crippen LogP contribution in [0.25, 0.3) is 10.8 Å². The molecule has 0 atom stereocenters. The average molecular weight is 778 g/mol. The number of carbonyl (C=O) groups excluding carboxylic acids is 2. The highest BCUT2D eigenvalue weighted by molar-refractivity contribution is 6.00. The largest absolute Gasteiger partial charge is 0.490 e. The molecule has 0 bridgehead atoms. The molecule has 1 aliphatic heterocycles. The minimum Gasteiger partial charge on any atom is -0.490 e. The summed E-state index contributed by atoms with van der Waals surface area (Å²) in [7, 11) is 2.42. The zero-order valence-electron chi connectivity index (χ0n) is 32.3. The van der Waals surface area contributed by atoms with Crippen LogP contribution in [0.3, 0.4) is 0 Å². The summed E-state index contributed by atoms with van der Waals surface area (Å²) in [6, 6.07) is 18.1. The van der Waals surface area contributed by atoms with Crippen LogP contribution in [0.15, 0.2) is 89.4 Å². The van der Waals surface area contributed by atoms with E-state index >= 15 is 0 Å². The zero-order chi connectivity index (χ0) is 39.4. The van der Waals surface area contributed by atoms with Gasteiger partial charge in [-0.05, 0) is 82.8 Å². The van der Waals surface area contributed by atoms with Crippen LogP contribution < -0.4 is 24.3 Å². The van der Waals surface area contributed by atoms with E-state index in [1.807, 2.05) is 64.2 Å². The average Bonchev–Trinajstić information content (AvgIpc) is 3.16. The number of allylic oxidation sites excluding steroid dienone is 2. The van der Waals surface area contributed by atoms with Crippen LogP contribution in [-0.2, 0) is 25.5 Å². The van der Waals surface area contributed by atoms with Crippen molar-refractivity contribution in [2.75, 3.05) is 40.6 Å². The molecular formula is C41H48ClN3O10. The molecule has 0 unspecified atom stereocenters. The number of rotatable bonds is 14. The predicted octanol–water partition coefficient (Wildman–Crippen LogP) is 8.02. The summed E-state index contributed by atoms with van der Waals surface area (Å²) in [4.78, 5) is 40.2. The first-order valence-electron chi connectivity index (χ1n) is 17.7. The Bertz CT molecular complexity index is 2030. The Kier molecular flexibility index (Phi) is 16.3. The molecule has 0 amide bonds. The molecule has 3 aromatic carbocycles. The number of nitro groups is 1. The van der Waals surface area contributed by atoms with Gasteiger partial charge in [0.25, 0.3) is 5.69 Å². The summed E-state index contributed by atoms with van der Waals surface area (Å²) in [5, 5.41) is 16.5. The van der Waals surface area contributed by atoms with Gasteiger partial charge in [0, 0.05) is 41.0 Å². The lowest BCUT2D eigenvalue weighted by Gasteiger charge is -2.29. The normalized spacial score (nSPS) is 12.4. The minimum atomic E-state index is -0.970. The first-order chi connectivity index (χ1) is 26.0. The molecular weight excluding hydrogens is 730 g/mol. The Labute approximate surface area is 327 Å². The van der Waals surface area contributed by atoms with Crippen molar-refractivity contribution >= 4 is 40.8 Å². The summed E-state index contributed by atoms with van der Waals surface area (Å²) < 4.78 is 32.7. The van der Waals surface area contributed by atoms with Gasteiger partial charge in [0.15, 0.2) is 23.0 Å². The molecule has 2 heterocycles. The molecule has 1 N–H and O–H groups in total. The number of esters is 2. The molecule has 4 aromatic rings. The highest BCUT2D eigenvalue weighted by Crippen LogP contribution is 2.42. The molecule has 1 aromatic heterocycles. The van der Waals surface area contributed by atoms with Crippen LogP contribution >= 0.6 is 12.4 Å². The van der Waals surface area contributed by atoms with E-state index in [4.69, 9.17) is 28.4 Å². The van der Waals surface area contributed by atoms with Gasteiger partial charge >= 0.3 is 11.9 Å². The van der Waals surface area contributed by atoms with Gasteiger partial charge in [-0.3, -0.25) is 15.1 Å². The number of aromatic nitrogens is 1. The minimum absolute atomic E-state index is 0. The number of hydrogen-bond donors (Lipinski definition) is 1. The summed E-state index contributed by atoms with van der Waals surface area (Å²) in [5.41, 5.74) is 3.29. The second kappa shape index (κ2) is 20.6. The van der Waals surface area contributed by atoms with Gasteiger partial charge in [0.05, 0.1) is 68.3 Å². The number of halogens is 1. The van der Waals surface area contributed by atoms with E-state index in [-0.39, 0.29) is 34.8 Å². The highest BCUT2D eigenvalue weighted by atomic mass is 35.5. The Morgan fingerprint density at radius 2 is 1.27 bits per heavy atom. The Morgan fingerprint density at radius 3 is 1.82 bits per heavy atom. The molecule has 294 valence electrons. The molecule has 0 saturated carbocycles. The van der Waals surface area contributed by atoms with Crippen LogP contribution in [0.2, 0.25) is 0 Å². The number of dihydropyridines is 1. The monoisotopic (exact) mass is 777 g/mol. The lowest BCUT2D eigenvalue weighted by atomic mass is 9.79. The van der Waals surface area contributed by atoms with Crippen molar-refractivity contribution in [2.45, 2.75) is 53.9 Å². The first-order valence-corrected chi connectivity index (χ1v) is 17.7. The number of methoxy groups -OCH3 is 2. The molecule has 55 heavy (non-hydrogen) atoms. The third kappa shape index (κ3) is 10.2. The molecule has 1 aliphatic rings. The van der Waals surface area contributed by atoms with Gasteiger partial charge in [-0.15, -0.1) is 12.4 Å². The fraction of sp³-hybridized carbons (Fsp3) is 0.341. The van der Waals surface area contributed by atoms with E-state index in [0.29, 0.717) is 44.2 Å². The summed E-state index contributed by atoms with van der Waals surface area (Å²) >= 11 is 0. The maximum absolute atomic E-state index is 12.3. The van der Waals surface area contributed by atoms with Crippen LogP contribution in [-0.4, -0.2) is 62.5 Å². The molecule has 0 spiro atoms. The molecule has 14 heteroatoms. The Balaban J connectivity index is 0.000000293. The number of nitrogens with one attached hydrogen (secondary N) is 1. The van der Waals surface area contributed by atoms with E-state index < -0.39 is 22.8 Å². The number of benzene rings is 3. The number of nitro benzene ring substituents is 1. The van der Waals surface area contributed by atoms with Gasteiger partial charge in [0.2, 0.25) is 0 Å². The van der Waals surface area contributed by atoms with Crippen LogP contribution in [0, 0.1) is 10.1 Å². The molecule has 0 saturated heterocycles. The van der Waals surface area contributed by atoms with E-state index in [0.717, 1.165) is 45.0 Å². The van der Waals surface area contributed by atoms with Gasteiger partial charge in [0.1, 0.15) is 0 Å². The zero-order valence-corrected chi connectivity index (χ0v) is 33.2. The first kappa shape index (κ1) is 43.6. The molecule has 13 nitrogen and oxygen atoms in total. The maximum atomic E-state index is 12.3. The van der Waals surface area contributed by atoms with E-state index in [1.165, 1.54) is 32.4 Å². The van der Waals surface area contributed by atoms with Crippen molar-refractivity contribution in [3.05, 3.63) is 116 Å². The van der Waals surface area contributed by atoms with Crippen molar-refractivity contribution in [2.24, 2.45) is 0 Å². The Hall–Kier alpha value is -5.82. The molecule has 0 aliphatic carbocycles. The number of nitrogens with zero attached hydrogens (tertiary/aromatic N) is 2. The standard InChI is InChI=1S/C24H29NO4.C17H18N2O6.ClH/c1-5-26-21-10-9-17(14-22(21)27-6-2)13-20-19-16-24(29-8-4)23(28-7-3)15-18(19)11-12-25-20;1-9-13(16(20)24-3)15(14(10(2)18-9)17(21)25-4)11-7-5-6-8-12(11)19(22)23;/h9-12,14-16H,5-8,13H2,1-4H3;5-8,15,18H,1-4H3;1H. The number of ether oxygens (including phenoxy) is 6. The van der Waals surface area contributed by atoms with Crippen molar-refractivity contribution in [1.82, 2.24) is 10.3 Å². The molecule has 0 radical (unpaired) electrons. The number of fused-ring (bicyclic) bond motifs is 1. The quantitative estimate of drug-likeness (QED) is 0.0748. The summed E-state index contributed by atoms with van der Waals surface area (Å²) in [6.07, 6.45) is 2.52. The number of para-hydroxylation sites is 1. The lowest BCUT2D eigenvalue weighted by molar-refractivity contribution is -0.385. The third-order valence-corrected chi connectivity index (χ3v) is 8.51. The van der Waals surface area contributed by atoms with Gasteiger partial charge in [-0.1, -0.05) is 24.3 Å². The second-order valence-electron chi connectivity index (χ2n) is 11.9. The number of pyridine rings is 1. The lowest BCUT2D eigenvalue weighted by Crippen LogP contribution is -2.32. The topological polar surface area (TPSA) is 158 Å². The van der Waals surface area contributed by atoms with Crippen molar-refractivity contribution in [3.63, 3.8) is 0 Å². The number of carbonyl (C=O) groups is 2. The van der Waals surface area contributed by atoms with E-state index in [9.17, 15) is 19.7 Å². The third-order valence-electron chi connectivity index (χ3n) is 8.51. The van der Waals surface area contributed by atoms with Crippen LogP contribution in [0.4, 0.5) is 5.69 Å². The van der Waals surface area contributed by atoms with Gasteiger partial charge in [-0.2, -0.15) is 0 Å². The van der Waals surface area contributed by atoms with Crippen LogP contribution in [0.1, 0.15) is 64.3 Å². The van der Waals surface area contributed by atoms with Gasteiger partial charge < -0.3 is 33.7 Å². The summed E-state index contributed by atoms with van der Waals surface area (Å²) in [6.45, 7) is 13.5. The summed E-state index contributed by atoms with van der Waals surface area (Å²) in [5.74, 6) is 0.716.